The van der Waals surface area contributed by atoms with Gasteiger partial charge in [0.2, 0.25) is 5.91 Å². The monoisotopic (exact) mass is 208 g/mol. The Labute approximate surface area is 89.7 Å². The molecule has 1 N–H and O–H groups in total. The van der Waals surface area contributed by atoms with Gasteiger partial charge < -0.3 is 10.1 Å². The van der Waals surface area contributed by atoms with Gasteiger partial charge in [-0.3, -0.25) is 4.79 Å². The third-order valence-corrected chi connectivity index (χ3v) is 2.01. The van der Waals surface area contributed by atoms with Crippen molar-refractivity contribution in [1.29, 1.82) is 0 Å². The van der Waals surface area contributed by atoms with Crippen molar-refractivity contribution in [3.8, 4) is 5.75 Å². The number of nitrogens with one attached hydrogen (secondary N) is 1. The molecule has 0 saturated carbocycles. The number of aromatic nitrogens is 1. The van der Waals surface area contributed by atoms with Gasteiger partial charge in [0, 0.05) is 12.6 Å². The molecule has 4 nitrogen and oxygen atoms in total. The number of carbonyl (C=O) groups is 1. The van der Waals surface area contributed by atoms with Gasteiger partial charge in [-0.2, -0.15) is 0 Å². The summed E-state index contributed by atoms with van der Waals surface area (Å²) < 4.78 is 5.07. The van der Waals surface area contributed by atoms with Gasteiger partial charge >= 0.3 is 0 Å². The van der Waals surface area contributed by atoms with Crippen LogP contribution in [-0.2, 0) is 4.79 Å². The lowest BCUT2D eigenvalue weighted by molar-refractivity contribution is -0.116. The maximum atomic E-state index is 11.4. The van der Waals surface area contributed by atoms with Gasteiger partial charge in [0.1, 0.15) is 0 Å². The highest BCUT2D eigenvalue weighted by Gasteiger charge is 2.06. The SMILES string of the molecule is CCCCC(=O)Nc1ncccc1OC. The summed E-state index contributed by atoms with van der Waals surface area (Å²) in [4.78, 5) is 15.5. The fourth-order valence-electron chi connectivity index (χ4n) is 1.18. The second kappa shape index (κ2) is 6.01. The topological polar surface area (TPSA) is 51.2 Å². The highest BCUT2D eigenvalue weighted by atomic mass is 16.5. The number of methoxy groups -OCH3 is 1. The van der Waals surface area contributed by atoms with Crippen LogP contribution < -0.4 is 10.1 Å². The van der Waals surface area contributed by atoms with E-state index in [1.54, 1.807) is 25.4 Å². The Morgan fingerprint density at radius 3 is 3.07 bits per heavy atom. The van der Waals surface area contributed by atoms with Gasteiger partial charge in [-0.1, -0.05) is 13.3 Å². The van der Waals surface area contributed by atoms with E-state index in [1.807, 2.05) is 0 Å². The molecule has 0 saturated heterocycles. The van der Waals surface area contributed by atoms with Crippen molar-refractivity contribution in [2.24, 2.45) is 0 Å². The van der Waals surface area contributed by atoms with Crippen LogP contribution in [0.3, 0.4) is 0 Å². The van der Waals surface area contributed by atoms with E-state index in [1.165, 1.54) is 0 Å². The van der Waals surface area contributed by atoms with E-state index in [0.29, 0.717) is 18.0 Å². The highest BCUT2D eigenvalue weighted by molar-refractivity contribution is 5.90. The predicted octanol–water partition coefficient (Wildman–Crippen LogP) is 2.22. The Morgan fingerprint density at radius 1 is 1.60 bits per heavy atom. The lowest BCUT2D eigenvalue weighted by atomic mass is 10.2. The second-order valence-corrected chi connectivity index (χ2v) is 3.21. The summed E-state index contributed by atoms with van der Waals surface area (Å²) in [7, 11) is 1.55. The van der Waals surface area contributed by atoms with Crippen LogP contribution in [0.15, 0.2) is 18.3 Å². The number of anilines is 1. The van der Waals surface area contributed by atoms with E-state index in [9.17, 15) is 4.79 Å². The van der Waals surface area contributed by atoms with E-state index in [-0.39, 0.29) is 5.91 Å². The molecule has 0 unspecified atom stereocenters. The van der Waals surface area contributed by atoms with E-state index in [2.05, 4.69) is 17.2 Å². The zero-order valence-electron chi connectivity index (χ0n) is 9.12. The smallest absolute Gasteiger partial charge is 0.225 e. The van der Waals surface area contributed by atoms with Gasteiger partial charge in [-0.25, -0.2) is 4.98 Å². The summed E-state index contributed by atoms with van der Waals surface area (Å²) in [6.07, 6.45) is 4.04. The van der Waals surface area contributed by atoms with Crippen molar-refractivity contribution >= 4 is 11.7 Å². The van der Waals surface area contributed by atoms with Crippen LogP contribution in [0.2, 0.25) is 0 Å². The Balaban J connectivity index is 2.59. The van der Waals surface area contributed by atoms with Gasteiger partial charge in [0.05, 0.1) is 7.11 Å². The average Bonchev–Trinajstić information content (AvgIpc) is 2.27. The third kappa shape index (κ3) is 3.58. The normalized spacial score (nSPS) is 9.73. The van der Waals surface area contributed by atoms with Gasteiger partial charge in [-0.05, 0) is 18.6 Å². The molecule has 0 aliphatic carbocycles. The molecule has 1 aromatic rings. The number of rotatable bonds is 5. The first-order valence-electron chi connectivity index (χ1n) is 5.06. The number of carbonyl (C=O) groups excluding carboxylic acids is 1. The summed E-state index contributed by atoms with van der Waals surface area (Å²) in [5.74, 6) is 1.05. The highest BCUT2D eigenvalue weighted by Crippen LogP contribution is 2.20. The molecular formula is C11H16N2O2. The van der Waals surface area contributed by atoms with Crippen LogP contribution in [0, 0.1) is 0 Å². The van der Waals surface area contributed by atoms with Crippen LogP contribution in [0.1, 0.15) is 26.2 Å². The first-order chi connectivity index (χ1) is 7.27. The number of hydrogen-bond donors (Lipinski definition) is 1. The molecule has 0 aromatic carbocycles. The molecule has 1 aromatic heterocycles. The minimum atomic E-state index is -0.0196. The van der Waals surface area contributed by atoms with Crippen molar-refractivity contribution < 1.29 is 9.53 Å². The molecule has 0 atom stereocenters. The fraction of sp³-hybridized carbons (Fsp3) is 0.455. The Hall–Kier alpha value is -1.58. The molecule has 0 aliphatic rings. The van der Waals surface area contributed by atoms with E-state index in [4.69, 9.17) is 4.74 Å². The van der Waals surface area contributed by atoms with Crippen molar-refractivity contribution in [3.63, 3.8) is 0 Å². The second-order valence-electron chi connectivity index (χ2n) is 3.21. The maximum Gasteiger partial charge on any atom is 0.225 e. The maximum absolute atomic E-state index is 11.4. The number of hydrogen-bond acceptors (Lipinski definition) is 3. The van der Waals surface area contributed by atoms with Crippen molar-refractivity contribution in [2.75, 3.05) is 12.4 Å². The first-order valence-corrected chi connectivity index (χ1v) is 5.06. The number of pyridine rings is 1. The lowest BCUT2D eigenvalue weighted by Gasteiger charge is -2.07. The summed E-state index contributed by atoms with van der Waals surface area (Å²) in [5, 5.41) is 2.72. The number of ether oxygens (including phenoxy) is 1. The molecule has 1 rings (SSSR count). The molecule has 0 spiro atoms. The summed E-state index contributed by atoms with van der Waals surface area (Å²) in [6.45, 7) is 2.05. The van der Waals surface area contributed by atoms with Crippen molar-refractivity contribution in [2.45, 2.75) is 26.2 Å². The molecule has 0 aliphatic heterocycles. The molecule has 1 heterocycles. The quantitative estimate of drug-likeness (QED) is 0.807. The number of unbranched alkanes of at least 4 members (excludes halogenated alkanes) is 1. The van der Waals surface area contributed by atoms with Crippen LogP contribution in [0.5, 0.6) is 5.75 Å². The molecule has 4 heteroatoms. The number of amides is 1. The minimum absolute atomic E-state index is 0.0196. The van der Waals surface area contributed by atoms with Crippen LogP contribution in [0.4, 0.5) is 5.82 Å². The van der Waals surface area contributed by atoms with Crippen LogP contribution in [-0.4, -0.2) is 18.0 Å². The third-order valence-electron chi connectivity index (χ3n) is 2.01. The molecule has 0 radical (unpaired) electrons. The predicted molar refractivity (Wildman–Crippen MR) is 58.9 cm³/mol. The van der Waals surface area contributed by atoms with Gasteiger partial charge in [0.25, 0.3) is 0 Å². The zero-order valence-corrected chi connectivity index (χ0v) is 9.12. The van der Waals surface area contributed by atoms with E-state index >= 15 is 0 Å². The lowest BCUT2D eigenvalue weighted by Crippen LogP contribution is -2.12. The van der Waals surface area contributed by atoms with Gasteiger partial charge in [0.15, 0.2) is 11.6 Å². The van der Waals surface area contributed by atoms with E-state index < -0.39 is 0 Å². The summed E-state index contributed by atoms with van der Waals surface area (Å²) in [6, 6.07) is 3.53. The molecule has 15 heavy (non-hydrogen) atoms. The van der Waals surface area contributed by atoms with Crippen LogP contribution >= 0.6 is 0 Å². The number of nitrogens with zero attached hydrogens (tertiary/aromatic N) is 1. The first kappa shape index (κ1) is 11.5. The Bertz CT molecular complexity index is 326. The molecular weight excluding hydrogens is 192 g/mol. The largest absolute Gasteiger partial charge is 0.493 e. The molecule has 1 amide bonds. The minimum Gasteiger partial charge on any atom is -0.493 e. The summed E-state index contributed by atoms with van der Waals surface area (Å²) >= 11 is 0. The summed E-state index contributed by atoms with van der Waals surface area (Å²) in [5.41, 5.74) is 0. The molecule has 0 bridgehead atoms. The molecule has 0 fully saturated rings. The average molecular weight is 208 g/mol. The molecule has 82 valence electrons. The Kier molecular flexibility index (Phi) is 4.60. The zero-order chi connectivity index (χ0) is 11.1. The van der Waals surface area contributed by atoms with Crippen LogP contribution in [0.25, 0.3) is 0 Å². The van der Waals surface area contributed by atoms with Crippen molar-refractivity contribution in [3.05, 3.63) is 18.3 Å². The standard InChI is InChI=1S/C11H16N2O2/c1-3-4-7-10(14)13-11-9(15-2)6-5-8-12-11/h5-6,8H,3-4,7H2,1-2H3,(H,12,13,14). The van der Waals surface area contributed by atoms with E-state index in [0.717, 1.165) is 12.8 Å². The van der Waals surface area contributed by atoms with Crippen molar-refractivity contribution in [1.82, 2.24) is 4.98 Å². The Morgan fingerprint density at radius 2 is 2.40 bits per heavy atom. The van der Waals surface area contributed by atoms with Gasteiger partial charge in [-0.15, -0.1) is 0 Å². The fourth-order valence-corrected chi connectivity index (χ4v) is 1.18.